The van der Waals surface area contributed by atoms with Crippen LogP contribution in [0.2, 0.25) is 5.02 Å². The molecule has 0 saturated heterocycles. The minimum absolute atomic E-state index is 0.0845. The van der Waals surface area contributed by atoms with Gasteiger partial charge in [0, 0.05) is 10.6 Å². The van der Waals surface area contributed by atoms with Crippen molar-refractivity contribution in [2.24, 2.45) is 0 Å². The highest BCUT2D eigenvalue weighted by Gasteiger charge is 2.22. The van der Waals surface area contributed by atoms with Gasteiger partial charge in [-0.05, 0) is 66.8 Å². The standard InChI is InChI=1S/C22H17ClO4/c1-26-22(25)15-7-10-19-18(12-15)20(24)17-4-2-3-14(21(17)27-19)11-13-5-8-16(23)9-6-13/h5-12H,2-4H2,1H3. The quantitative estimate of drug-likeness (QED) is 0.580. The minimum Gasteiger partial charge on any atom is -0.465 e. The Balaban J connectivity index is 1.87. The molecule has 0 N–H and O–H groups in total. The predicted molar refractivity (Wildman–Crippen MR) is 106 cm³/mol. The van der Waals surface area contributed by atoms with Gasteiger partial charge in [0.15, 0.2) is 5.43 Å². The van der Waals surface area contributed by atoms with Crippen LogP contribution in [0.1, 0.15) is 40.1 Å². The highest BCUT2D eigenvalue weighted by atomic mass is 35.5. The molecule has 0 aliphatic heterocycles. The monoisotopic (exact) mass is 380 g/mol. The molecule has 27 heavy (non-hydrogen) atoms. The van der Waals surface area contributed by atoms with Gasteiger partial charge >= 0.3 is 5.97 Å². The van der Waals surface area contributed by atoms with E-state index in [1.807, 2.05) is 30.3 Å². The van der Waals surface area contributed by atoms with Crippen molar-refractivity contribution in [3.8, 4) is 0 Å². The number of benzene rings is 2. The van der Waals surface area contributed by atoms with E-state index in [1.165, 1.54) is 7.11 Å². The molecule has 136 valence electrons. The van der Waals surface area contributed by atoms with E-state index in [9.17, 15) is 9.59 Å². The predicted octanol–water partition coefficient (Wildman–Crippen LogP) is 5.11. The van der Waals surface area contributed by atoms with Gasteiger partial charge in [-0.15, -0.1) is 0 Å². The number of carbonyl (C=O) groups excluding carboxylic acids is 1. The number of fused-ring (bicyclic) bond motifs is 2. The number of esters is 1. The van der Waals surface area contributed by atoms with Crippen LogP contribution in [0.5, 0.6) is 0 Å². The maximum absolute atomic E-state index is 13.0. The highest BCUT2D eigenvalue weighted by Crippen LogP contribution is 2.33. The van der Waals surface area contributed by atoms with Crippen molar-refractivity contribution in [2.75, 3.05) is 7.11 Å². The van der Waals surface area contributed by atoms with Gasteiger partial charge in [-0.25, -0.2) is 4.79 Å². The van der Waals surface area contributed by atoms with Gasteiger partial charge in [0.05, 0.1) is 18.1 Å². The van der Waals surface area contributed by atoms with Crippen LogP contribution in [-0.4, -0.2) is 13.1 Å². The molecule has 4 nitrogen and oxygen atoms in total. The molecular formula is C22H17ClO4. The molecule has 1 aliphatic rings. The third-order valence-electron chi connectivity index (χ3n) is 4.78. The Morgan fingerprint density at radius 2 is 1.93 bits per heavy atom. The summed E-state index contributed by atoms with van der Waals surface area (Å²) in [6.45, 7) is 0. The molecule has 5 heteroatoms. The third-order valence-corrected chi connectivity index (χ3v) is 5.03. The number of hydrogen-bond acceptors (Lipinski definition) is 4. The first-order valence-corrected chi connectivity index (χ1v) is 9.09. The van der Waals surface area contributed by atoms with Crippen LogP contribution in [0, 0.1) is 0 Å². The summed E-state index contributed by atoms with van der Waals surface area (Å²) in [6.07, 6.45) is 4.41. The molecule has 0 fully saturated rings. The van der Waals surface area contributed by atoms with E-state index in [0.717, 1.165) is 24.0 Å². The van der Waals surface area contributed by atoms with E-state index in [2.05, 4.69) is 0 Å². The number of ether oxygens (including phenoxy) is 1. The van der Waals surface area contributed by atoms with Crippen molar-refractivity contribution in [1.29, 1.82) is 0 Å². The Hall–Kier alpha value is -2.85. The zero-order valence-electron chi connectivity index (χ0n) is 14.8. The summed E-state index contributed by atoms with van der Waals surface area (Å²) in [4.78, 5) is 24.8. The van der Waals surface area contributed by atoms with Gasteiger partial charge < -0.3 is 9.15 Å². The van der Waals surface area contributed by atoms with Gasteiger partial charge in [-0.1, -0.05) is 23.7 Å². The number of methoxy groups -OCH3 is 1. The molecule has 1 aliphatic carbocycles. The van der Waals surface area contributed by atoms with E-state index in [-0.39, 0.29) is 5.43 Å². The molecule has 0 atom stereocenters. The third kappa shape index (κ3) is 3.28. The molecule has 0 spiro atoms. The van der Waals surface area contributed by atoms with E-state index in [0.29, 0.717) is 39.3 Å². The Labute approximate surface area is 161 Å². The van der Waals surface area contributed by atoms with Gasteiger partial charge in [0.2, 0.25) is 0 Å². The fraction of sp³-hybridized carbons (Fsp3) is 0.182. The average molecular weight is 381 g/mol. The van der Waals surface area contributed by atoms with Crippen LogP contribution in [-0.2, 0) is 11.2 Å². The van der Waals surface area contributed by atoms with Crippen molar-refractivity contribution in [1.82, 2.24) is 0 Å². The van der Waals surface area contributed by atoms with E-state index < -0.39 is 5.97 Å². The van der Waals surface area contributed by atoms with Crippen molar-refractivity contribution in [2.45, 2.75) is 19.3 Å². The number of rotatable bonds is 2. The normalized spacial score (nSPS) is 15.0. The van der Waals surface area contributed by atoms with Crippen LogP contribution in [0.4, 0.5) is 0 Å². The Morgan fingerprint density at radius 1 is 1.15 bits per heavy atom. The smallest absolute Gasteiger partial charge is 0.337 e. The van der Waals surface area contributed by atoms with Gasteiger partial charge in [0.1, 0.15) is 11.3 Å². The lowest BCUT2D eigenvalue weighted by molar-refractivity contribution is 0.0601. The van der Waals surface area contributed by atoms with Crippen LogP contribution in [0.3, 0.4) is 0 Å². The van der Waals surface area contributed by atoms with Crippen molar-refractivity contribution < 1.29 is 13.9 Å². The fourth-order valence-corrected chi connectivity index (χ4v) is 3.56. The van der Waals surface area contributed by atoms with Gasteiger partial charge in [-0.2, -0.15) is 0 Å². The number of carbonyl (C=O) groups is 1. The summed E-state index contributed by atoms with van der Waals surface area (Å²) >= 11 is 5.95. The van der Waals surface area contributed by atoms with Crippen molar-refractivity contribution >= 4 is 40.2 Å². The second-order valence-electron chi connectivity index (χ2n) is 6.52. The lowest BCUT2D eigenvalue weighted by Gasteiger charge is -2.18. The first-order valence-electron chi connectivity index (χ1n) is 8.71. The van der Waals surface area contributed by atoms with E-state index in [4.69, 9.17) is 20.8 Å². The molecule has 4 rings (SSSR count). The number of allylic oxidation sites excluding steroid dienone is 1. The molecule has 0 saturated carbocycles. The molecule has 0 radical (unpaired) electrons. The highest BCUT2D eigenvalue weighted by molar-refractivity contribution is 6.30. The molecule has 2 aromatic carbocycles. The Bertz CT molecular complexity index is 1120. The lowest BCUT2D eigenvalue weighted by Crippen LogP contribution is -2.16. The molecule has 0 amide bonds. The molecule has 3 aromatic rings. The summed E-state index contributed by atoms with van der Waals surface area (Å²) in [5.74, 6) is 0.164. The van der Waals surface area contributed by atoms with Gasteiger partial charge in [0.25, 0.3) is 0 Å². The Morgan fingerprint density at radius 3 is 2.67 bits per heavy atom. The molecular weight excluding hydrogens is 364 g/mol. The maximum atomic E-state index is 13.0. The van der Waals surface area contributed by atoms with Crippen LogP contribution in [0.15, 0.2) is 51.7 Å². The first kappa shape index (κ1) is 17.6. The van der Waals surface area contributed by atoms with Gasteiger partial charge in [-0.3, -0.25) is 4.79 Å². The fourth-order valence-electron chi connectivity index (χ4n) is 3.43. The average Bonchev–Trinajstić information content (AvgIpc) is 2.69. The van der Waals surface area contributed by atoms with E-state index >= 15 is 0 Å². The van der Waals surface area contributed by atoms with Crippen LogP contribution < -0.4 is 5.43 Å². The SMILES string of the molecule is COC(=O)c1ccc2oc3c(c(=O)c2c1)CCCC3=Cc1ccc(Cl)cc1. The second kappa shape index (κ2) is 7.05. The lowest BCUT2D eigenvalue weighted by atomic mass is 9.90. The topological polar surface area (TPSA) is 56.5 Å². The first-order chi connectivity index (χ1) is 13.1. The zero-order chi connectivity index (χ0) is 19.0. The molecule has 0 bridgehead atoms. The van der Waals surface area contributed by atoms with E-state index in [1.54, 1.807) is 18.2 Å². The maximum Gasteiger partial charge on any atom is 0.337 e. The summed E-state index contributed by atoms with van der Waals surface area (Å²) in [5, 5.41) is 1.09. The summed E-state index contributed by atoms with van der Waals surface area (Å²) in [6, 6.07) is 12.3. The summed E-state index contributed by atoms with van der Waals surface area (Å²) < 4.78 is 10.8. The summed E-state index contributed by atoms with van der Waals surface area (Å²) in [7, 11) is 1.32. The molecule has 1 heterocycles. The number of halogens is 1. The van der Waals surface area contributed by atoms with Crippen molar-refractivity contribution in [3.63, 3.8) is 0 Å². The van der Waals surface area contributed by atoms with Crippen molar-refractivity contribution in [3.05, 3.63) is 80.2 Å². The molecule has 0 unspecified atom stereocenters. The Kier molecular flexibility index (Phi) is 4.58. The molecule has 1 aromatic heterocycles. The van der Waals surface area contributed by atoms with Crippen LogP contribution >= 0.6 is 11.6 Å². The van der Waals surface area contributed by atoms with Crippen LogP contribution in [0.25, 0.3) is 22.6 Å². The number of hydrogen-bond donors (Lipinski definition) is 0. The summed E-state index contributed by atoms with van der Waals surface area (Å²) in [5.41, 5.74) is 3.38. The second-order valence-corrected chi connectivity index (χ2v) is 6.95. The largest absolute Gasteiger partial charge is 0.465 e. The zero-order valence-corrected chi connectivity index (χ0v) is 15.5. The minimum atomic E-state index is -0.475.